The molecule has 1 aromatic carbocycles. The quantitative estimate of drug-likeness (QED) is 0.0286. The van der Waals surface area contributed by atoms with Crippen molar-refractivity contribution in [3.63, 3.8) is 0 Å². The van der Waals surface area contributed by atoms with Crippen molar-refractivity contribution in [3.8, 4) is 5.75 Å². The van der Waals surface area contributed by atoms with Crippen LogP contribution in [-0.4, -0.2) is 61.7 Å². The van der Waals surface area contributed by atoms with Gasteiger partial charge in [-0.15, -0.1) is 0 Å². The Morgan fingerprint density at radius 2 is 1.45 bits per heavy atom. The minimum atomic E-state index is -2.67. The van der Waals surface area contributed by atoms with Gasteiger partial charge < -0.3 is 31.9 Å². The molecule has 0 amide bonds. The van der Waals surface area contributed by atoms with Gasteiger partial charge in [-0.2, -0.15) is 0 Å². The summed E-state index contributed by atoms with van der Waals surface area (Å²) in [6.07, 6.45) is 21.2. The van der Waals surface area contributed by atoms with Crippen molar-refractivity contribution in [3.05, 3.63) is 78.1 Å². The summed E-state index contributed by atoms with van der Waals surface area (Å²) in [4.78, 5) is 13.6. The van der Waals surface area contributed by atoms with E-state index in [4.69, 9.17) is 31.9 Å². The first-order valence-electron chi connectivity index (χ1n) is 21.3. The highest BCUT2D eigenvalue weighted by Crippen LogP contribution is 2.47. The highest BCUT2D eigenvalue weighted by atomic mass is 28.5. The van der Waals surface area contributed by atoms with Crippen LogP contribution in [0.15, 0.2) is 72.6 Å². The number of ether oxygens (including phenoxy) is 4. The molecule has 1 aromatic rings. The molecule has 316 valence electrons. The Hall–Kier alpha value is -2.32. The summed E-state index contributed by atoms with van der Waals surface area (Å²) in [5.74, 6) is 0.161. The molecule has 2 aliphatic rings. The predicted octanol–water partition coefficient (Wildman–Crippen LogP) is 12.2. The van der Waals surface area contributed by atoms with Gasteiger partial charge in [0.15, 0.2) is 11.6 Å². The van der Waals surface area contributed by atoms with Gasteiger partial charge in [-0.3, -0.25) is 4.79 Å². The molecule has 56 heavy (non-hydrogen) atoms. The number of rotatable bonds is 22. The van der Waals surface area contributed by atoms with Crippen LogP contribution in [0.1, 0.15) is 133 Å². The maximum atomic E-state index is 13.6. The molecule has 10 heteroatoms. The average molecular weight is 813 g/mol. The summed E-state index contributed by atoms with van der Waals surface area (Å²) in [6.45, 7) is 25.5. The minimum absolute atomic E-state index is 0.0629. The fraction of sp³-hybridized carbons (Fsp3) is 0.674. The molecule has 2 aliphatic heterocycles. The largest absolute Gasteiger partial charge is 0.497 e. The van der Waals surface area contributed by atoms with Crippen LogP contribution in [0.3, 0.4) is 0 Å². The van der Waals surface area contributed by atoms with Gasteiger partial charge in [0.25, 0.3) is 0 Å². The van der Waals surface area contributed by atoms with Gasteiger partial charge in [-0.25, -0.2) is 0 Å². The van der Waals surface area contributed by atoms with Crippen molar-refractivity contribution in [2.24, 2.45) is 5.41 Å². The van der Waals surface area contributed by atoms with Crippen LogP contribution in [0.4, 0.5) is 0 Å². The Bertz CT molecular complexity index is 1420. The Kier molecular flexibility index (Phi) is 19.5. The molecule has 0 radical (unpaired) electrons. The first-order chi connectivity index (χ1) is 26.5. The molecule has 0 saturated carbocycles. The average Bonchev–Trinajstić information content (AvgIpc) is 3.35. The van der Waals surface area contributed by atoms with Crippen LogP contribution in [-0.2, 0) is 38.6 Å². The smallest absolute Gasteiger partial charge is 0.335 e. The van der Waals surface area contributed by atoms with Crippen LogP contribution in [0.5, 0.6) is 5.75 Å². The Balaban J connectivity index is 1.80. The number of allylic oxidation sites excluding steroid dienone is 5. The molecule has 1 atom stereocenters. The van der Waals surface area contributed by atoms with Crippen LogP contribution in [0.2, 0.25) is 22.2 Å². The highest BCUT2D eigenvalue weighted by Gasteiger charge is 2.58. The molecule has 2 fully saturated rings. The van der Waals surface area contributed by atoms with Gasteiger partial charge in [-0.05, 0) is 111 Å². The van der Waals surface area contributed by atoms with Gasteiger partial charge in [0.2, 0.25) is 0 Å². The fourth-order valence-electron chi connectivity index (χ4n) is 7.68. The van der Waals surface area contributed by atoms with Crippen molar-refractivity contribution >= 4 is 22.9 Å². The number of hydrogen-bond acceptors (Lipinski definition) is 8. The molecule has 0 N–H and O–H groups in total. The summed E-state index contributed by atoms with van der Waals surface area (Å²) >= 11 is 0. The third kappa shape index (κ3) is 13.6. The Morgan fingerprint density at radius 1 is 0.839 bits per heavy atom. The molecule has 0 aromatic heterocycles. The number of hydrogen-bond donors (Lipinski definition) is 0. The van der Waals surface area contributed by atoms with Gasteiger partial charge >= 0.3 is 17.1 Å². The number of carbonyl (C=O) groups excluding carboxylic acids is 1. The number of ketones is 1. The molecule has 3 rings (SSSR count). The van der Waals surface area contributed by atoms with E-state index < -0.39 is 28.3 Å². The SMILES string of the molecule is C/C=C/CCCCC/C=C/C(=C/OCc1ccc(OC)cc1)C1(CCC(=O)/C=C/C[C@H]2CO[Si](C(C)C)(C(C)C)O[Si](C(C)C)(C(C)C)O2)COC(C)(C)OC1. The van der Waals surface area contributed by atoms with Crippen molar-refractivity contribution in [1.82, 2.24) is 0 Å². The number of benzene rings is 1. The standard InChI is InChI=1S/C46H76O8Si2/c1-13-14-15-16-17-18-19-20-22-41(32-49-31-40-25-27-43(48-12)28-26-40)46(34-50-45(10,11)51-35-46)30-29-42(47)23-21-24-44-33-52-55(36(2)3,37(4)5)54-56(53-44,38(6)7)39(8)9/h13-14,20-23,25-28,32,36-39,44H,15-19,24,29-31,33-35H2,1-12H3/b14-13+,22-20+,23-21+,41-32-/t44-/m0/s1. The molecule has 0 spiro atoms. The van der Waals surface area contributed by atoms with E-state index in [1.54, 1.807) is 13.2 Å². The predicted molar refractivity (Wildman–Crippen MR) is 233 cm³/mol. The lowest BCUT2D eigenvalue weighted by Crippen LogP contribution is -2.59. The second-order valence-electron chi connectivity index (χ2n) is 17.4. The molecule has 0 unspecified atom stereocenters. The Morgan fingerprint density at radius 3 is 2.02 bits per heavy atom. The number of carbonyl (C=O) groups is 1. The first kappa shape index (κ1) is 48.1. The van der Waals surface area contributed by atoms with Crippen LogP contribution < -0.4 is 4.74 Å². The molecule has 2 heterocycles. The summed E-state index contributed by atoms with van der Waals surface area (Å²) in [5, 5.41) is 0. The van der Waals surface area contributed by atoms with Crippen LogP contribution in [0, 0.1) is 5.41 Å². The number of unbranched alkanes of at least 4 members (excludes halogenated alkanes) is 4. The zero-order valence-electron chi connectivity index (χ0n) is 37.0. The lowest BCUT2D eigenvalue weighted by molar-refractivity contribution is -0.279. The normalized spacial score (nSPS) is 21.2. The first-order valence-corrected chi connectivity index (χ1v) is 25.2. The Labute approximate surface area is 342 Å². The van der Waals surface area contributed by atoms with Crippen LogP contribution in [0.25, 0.3) is 0 Å². The van der Waals surface area contributed by atoms with Crippen molar-refractivity contribution in [2.45, 2.75) is 168 Å². The zero-order valence-corrected chi connectivity index (χ0v) is 39.0. The third-order valence-corrected chi connectivity index (χ3v) is 21.6. The molecule has 8 nitrogen and oxygen atoms in total. The van der Waals surface area contributed by atoms with Gasteiger partial charge in [0, 0.05) is 11.8 Å². The maximum absolute atomic E-state index is 13.6. The maximum Gasteiger partial charge on any atom is 0.335 e. The fourth-order valence-corrected chi connectivity index (χ4v) is 18.9. The number of methoxy groups -OCH3 is 1. The molecule has 0 aliphatic carbocycles. The van der Waals surface area contributed by atoms with E-state index in [1.807, 2.05) is 50.5 Å². The molecule has 2 saturated heterocycles. The summed E-state index contributed by atoms with van der Waals surface area (Å²) in [6, 6.07) is 7.89. The third-order valence-electron chi connectivity index (χ3n) is 11.3. The second kappa shape index (κ2) is 22.7. The van der Waals surface area contributed by atoms with E-state index in [9.17, 15) is 4.79 Å². The second-order valence-corrected chi connectivity index (χ2v) is 26.3. The van der Waals surface area contributed by atoms with Crippen molar-refractivity contribution < 1.29 is 36.7 Å². The zero-order chi connectivity index (χ0) is 41.4. The summed E-state index contributed by atoms with van der Waals surface area (Å²) < 4.78 is 45.3. The molecular formula is C46H76O8Si2. The van der Waals surface area contributed by atoms with E-state index in [2.05, 4.69) is 86.6 Å². The van der Waals surface area contributed by atoms with E-state index >= 15 is 0 Å². The van der Waals surface area contributed by atoms with E-state index in [0.29, 0.717) is 56.8 Å². The lowest BCUT2D eigenvalue weighted by Gasteiger charge is -2.45. The van der Waals surface area contributed by atoms with Crippen LogP contribution >= 0.6 is 0 Å². The van der Waals surface area contributed by atoms with E-state index in [0.717, 1.165) is 36.1 Å². The van der Waals surface area contributed by atoms with Crippen molar-refractivity contribution in [1.29, 1.82) is 0 Å². The lowest BCUT2D eigenvalue weighted by atomic mass is 9.76. The highest BCUT2D eigenvalue weighted by molar-refractivity contribution is 6.84. The molecule has 0 bridgehead atoms. The van der Waals surface area contributed by atoms with E-state index in [-0.39, 0.29) is 23.0 Å². The van der Waals surface area contributed by atoms with E-state index in [1.165, 1.54) is 12.8 Å². The van der Waals surface area contributed by atoms with Gasteiger partial charge in [0.1, 0.15) is 12.4 Å². The van der Waals surface area contributed by atoms with Gasteiger partial charge in [-0.1, -0.05) is 104 Å². The summed E-state index contributed by atoms with van der Waals surface area (Å²) in [7, 11) is -3.58. The van der Waals surface area contributed by atoms with Crippen molar-refractivity contribution in [2.75, 3.05) is 26.9 Å². The minimum Gasteiger partial charge on any atom is -0.497 e. The summed E-state index contributed by atoms with van der Waals surface area (Å²) in [5.41, 5.74) is 2.58. The topological polar surface area (TPSA) is 81.7 Å². The van der Waals surface area contributed by atoms with Gasteiger partial charge in [0.05, 0.1) is 39.3 Å². The monoisotopic (exact) mass is 813 g/mol. The molecular weight excluding hydrogens is 737 g/mol.